The van der Waals surface area contributed by atoms with Gasteiger partial charge >= 0.3 is 0 Å². The molecule has 0 aromatic rings. The first-order chi connectivity index (χ1) is 7.81. The molecular weight excluding hydrogens is 226 g/mol. The summed E-state index contributed by atoms with van der Waals surface area (Å²) in [5.41, 5.74) is 0. The van der Waals surface area contributed by atoms with Crippen LogP contribution in [0.4, 0.5) is 0 Å². The minimum absolute atomic E-state index is 0.376. The Kier molecular flexibility index (Phi) is 13.4. The van der Waals surface area contributed by atoms with Gasteiger partial charge in [0.25, 0.3) is 0 Å². The third-order valence-electron chi connectivity index (χ3n) is 2.07. The molecule has 4 nitrogen and oxygen atoms in total. The van der Waals surface area contributed by atoms with Gasteiger partial charge in [0.1, 0.15) is 0 Å². The van der Waals surface area contributed by atoms with Gasteiger partial charge in [0.05, 0.1) is 25.9 Å². The van der Waals surface area contributed by atoms with Crippen LogP contribution in [0.1, 0.15) is 12.8 Å². The SMILES string of the molecule is COCCOCC(O)CNCCCCSC. The van der Waals surface area contributed by atoms with Gasteiger partial charge < -0.3 is 19.9 Å². The highest BCUT2D eigenvalue weighted by Gasteiger charge is 2.02. The lowest BCUT2D eigenvalue weighted by atomic mass is 10.3. The van der Waals surface area contributed by atoms with Crippen molar-refractivity contribution in [2.24, 2.45) is 0 Å². The van der Waals surface area contributed by atoms with Crippen LogP contribution >= 0.6 is 11.8 Å². The monoisotopic (exact) mass is 251 g/mol. The number of unbranched alkanes of at least 4 members (excludes halogenated alkanes) is 1. The molecule has 0 aromatic heterocycles. The molecule has 0 aromatic carbocycles. The summed E-state index contributed by atoms with van der Waals surface area (Å²) in [5, 5.41) is 12.7. The van der Waals surface area contributed by atoms with Crippen LogP contribution in [0.5, 0.6) is 0 Å². The van der Waals surface area contributed by atoms with Gasteiger partial charge in [-0.15, -0.1) is 0 Å². The lowest BCUT2D eigenvalue weighted by Crippen LogP contribution is -2.31. The second-order valence-electron chi connectivity index (χ2n) is 3.63. The van der Waals surface area contributed by atoms with E-state index in [4.69, 9.17) is 9.47 Å². The fourth-order valence-electron chi connectivity index (χ4n) is 1.19. The Morgan fingerprint density at radius 2 is 2.12 bits per heavy atom. The van der Waals surface area contributed by atoms with Gasteiger partial charge in [-0.3, -0.25) is 0 Å². The van der Waals surface area contributed by atoms with Crippen LogP contribution in [0, 0.1) is 0 Å². The van der Waals surface area contributed by atoms with Crippen LogP contribution < -0.4 is 5.32 Å². The Morgan fingerprint density at radius 1 is 1.31 bits per heavy atom. The van der Waals surface area contributed by atoms with Crippen molar-refractivity contribution in [2.75, 3.05) is 52.0 Å². The second-order valence-corrected chi connectivity index (χ2v) is 4.61. The van der Waals surface area contributed by atoms with E-state index in [1.54, 1.807) is 7.11 Å². The highest BCUT2D eigenvalue weighted by Crippen LogP contribution is 1.97. The van der Waals surface area contributed by atoms with E-state index in [0.29, 0.717) is 26.4 Å². The van der Waals surface area contributed by atoms with Crippen molar-refractivity contribution < 1.29 is 14.6 Å². The number of aliphatic hydroxyl groups excluding tert-OH is 1. The molecule has 0 saturated carbocycles. The molecule has 0 aliphatic rings. The van der Waals surface area contributed by atoms with E-state index in [1.165, 1.54) is 12.2 Å². The van der Waals surface area contributed by atoms with Gasteiger partial charge in [-0.05, 0) is 31.4 Å². The molecule has 0 heterocycles. The van der Waals surface area contributed by atoms with E-state index >= 15 is 0 Å². The van der Waals surface area contributed by atoms with E-state index in [1.807, 2.05) is 11.8 Å². The number of rotatable bonds is 12. The van der Waals surface area contributed by atoms with Crippen molar-refractivity contribution in [3.05, 3.63) is 0 Å². The Labute approximate surface area is 103 Å². The molecule has 0 rings (SSSR count). The molecule has 0 saturated heterocycles. The van der Waals surface area contributed by atoms with Crippen LogP contribution in [0.15, 0.2) is 0 Å². The van der Waals surface area contributed by atoms with Gasteiger partial charge in [-0.25, -0.2) is 0 Å². The topological polar surface area (TPSA) is 50.7 Å². The fraction of sp³-hybridized carbons (Fsp3) is 1.00. The van der Waals surface area contributed by atoms with Crippen molar-refractivity contribution in [1.82, 2.24) is 5.32 Å². The third kappa shape index (κ3) is 12.3. The zero-order valence-corrected chi connectivity index (χ0v) is 11.2. The first-order valence-corrected chi connectivity index (χ1v) is 7.15. The molecule has 0 radical (unpaired) electrons. The van der Waals surface area contributed by atoms with Crippen molar-refractivity contribution in [2.45, 2.75) is 18.9 Å². The maximum absolute atomic E-state index is 9.52. The first kappa shape index (κ1) is 16.2. The van der Waals surface area contributed by atoms with Crippen molar-refractivity contribution in [3.63, 3.8) is 0 Å². The maximum atomic E-state index is 9.52. The molecule has 16 heavy (non-hydrogen) atoms. The zero-order valence-electron chi connectivity index (χ0n) is 10.4. The van der Waals surface area contributed by atoms with Gasteiger partial charge in [-0.2, -0.15) is 11.8 Å². The molecule has 5 heteroatoms. The highest BCUT2D eigenvalue weighted by molar-refractivity contribution is 7.98. The van der Waals surface area contributed by atoms with Crippen molar-refractivity contribution in [3.8, 4) is 0 Å². The summed E-state index contributed by atoms with van der Waals surface area (Å²) < 4.78 is 10.0. The first-order valence-electron chi connectivity index (χ1n) is 5.75. The number of methoxy groups -OCH3 is 1. The van der Waals surface area contributed by atoms with E-state index in [0.717, 1.165) is 13.0 Å². The molecule has 0 aliphatic carbocycles. The molecule has 0 aliphatic heterocycles. The summed E-state index contributed by atoms with van der Waals surface area (Å²) >= 11 is 1.87. The van der Waals surface area contributed by atoms with Crippen LogP contribution in [0.3, 0.4) is 0 Å². The second kappa shape index (κ2) is 13.3. The highest BCUT2D eigenvalue weighted by atomic mass is 32.2. The van der Waals surface area contributed by atoms with Gasteiger partial charge in [0, 0.05) is 13.7 Å². The summed E-state index contributed by atoms with van der Waals surface area (Å²) in [6.07, 6.45) is 4.10. The van der Waals surface area contributed by atoms with Gasteiger partial charge in [0.15, 0.2) is 0 Å². The third-order valence-corrected chi connectivity index (χ3v) is 2.77. The van der Waals surface area contributed by atoms with E-state index in [9.17, 15) is 5.11 Å². The lowest BCUT2D eigenvalue weighted by Gasteiger charge is -2.12. The van der Waals surface area contributed by atoms with E-state index < -0.39 is 6.10 Å². The zero-order chi connectivity index (χ0) is 12.1. The molecule has 1 unspecified atom stereocenters. The van der Waals surface area contributed by atoms with Crippen LogP contribution in [-0.2, 0) is 9.47 Å². The molecule has 0 fully saturated rings. The molecule has 1 atom stereocenters. The van der Waals surface area contributed by atoms with Crippen LogP contribution in [-0.4, -0.2) is 63.2 Å². The molecule has 0 spiro atoms. The van der Waals surface area contributed by atoms with Gasteiger partial charge in [0.2, 0.25) is 0 Å². The molecular formula is C11H25NO3S. The summed E-state index contributed by atoms with van der Waals surface area (Å²) in [5.74, 6) is 1.21. The smallest absolute Gasteiger partial charge is 0.0897 e. The number of hydrogen-bond acceptors (Lipinski definition) is 5. The van der Waals surface area contributed by atoms with Crippen molar-refractivity contribution in [1.29, 1.82) is 0 Å². The molecule has 2 N–H and O–H groups in total. The Bertz CT molecular complexity index is 138. The van der Waals surface area contributed by atoms with Crippen molar-refractivity contribution >= 4 is 11.8 Å². The summed E-state index contributed by atoms with van der Waals surface area (Å²) in [4.78, 5) is 0. The average Bonchev–Trinajstić information content (AvgIpc) is 2.29. The minimum atomic E-state index is -0.419. The maximum Gasteiger partial charge on any atom is 0.0897 e. The number of nitrogens with one attached hydrogen (secondary N) is 1. The summed E-state index contributed by atoms with van der Waals surface area (Å²) in [6, 6.07) is 0. The Morgan fingerprint density at radius 3 is 2.81 bits per heavy atom. The standard InChI is InChI=1S/C11H25NO3S/c1-14-6-7-15-10-11(13)9-12-5-3-4-8-16-2/h11-13H,3-10H2,1-2H3. The summed E-state index contributed by atoms with van der Waals surface area (Å²) in [7, 11) is 1.63. The molecule has 0 amide bonds. The Hall–Kier alpha value is 0.190. The predicted octanol–water partition coefficient (Wildman–Crippen LogP) is 0.743. The normalized spacial score (nSPS) is 12.9. The minimum Gasteiger partial charge on any atom is -0.389 e. The molecule has 98 valence electrons. The average molecular weight is 251 g/mol. The van der Waals surface area contributed by atoms with E-state index in [-0.39, 0.29) is 0 Å². The predicted molar refractivity (Wildman–Crippen MR) is 69.2 cm³/mol. The van der Waals surface area contributed by atoms with Crippen LogP contribution in [0.2, 0.25) is 0 Å². The number of aliphatic hydroxyl groups is 1. The lowest BCUT2D eigenvalue weighted by molar-refractivity contribution is 0.0139. The number of ether oxygens (including phenoxy) is 2. The van der Waals surface area contributed by atoms with Gasteiger partial charge in [-0.1, -0.05) is 0 Å². The quantitative estimate of drug-likeness (QED) is 0.501. The molecule has 0 bridgehead atoms. The summed E-state index contributed by atoms with van der Waals surface area (Å²) in [6.45, 7) is 3.07. The number of thioether (sulfide) groups is 1. The van der Waals surface area contributed by atoms with E-state index in [2.05, 4.69) is 11.6 Å². The van der Waals surface area contributed by atoms with Crippen LogP contribution in [0.25, 0.3) is 0 Å². The fourth-order valence-corrected chi connectivity index (χ4v) is 1.68. The number of hydrogen-bond donors (Lipinski definition) is 2. The largest absolute Gasteiger partial charge is 0.389 e. The Balaban J connectivity index is 3.08.